The molecule has 0 unspecified atom stereocenters. The standard InChI is InChI=1S/C11H12F2O/c1-3-8-6-9(11(12)13)4-5-10(8)7(2)14/h4-6,11H,3H2,1-2H3. The number of benzene rings is 1. The minimum Gasteiger partial charge on any atom is -0.295 e. The first kappa shape index (κ1) is 10.8. The number of hydrogen-bond donors (Lipinski definition) is 0. The summed E-state index contributed by atoms with van der Waals surface area (Å²) in [5.41, 5.74) is 1.21. The van der Waals surface area contributed by atoms with Gasteiger partial charge in [0.25, 0.3) is 6.43 Å². The molecule has 1 aromatic carbocycles. The molecule has 0 saturated carbocycles. The van der Waals surface area contributed by atoms with E-state index >= 15 is 0 Å². The Balaban J connectivity index is 3.18. The second kappa shape index (κ2) is 4.31. The average Bonchev–Trinajstić information content (AvgIpc) is 2.16. The van der Waals surface area contributed by atoms with E-state index in [9.17, 15) is 13.6 Å². The number of halogens is 2. The molecule has 14 heavy (non-hydrogen) atoms. The maximum absolute atomic E-state index is 12.3. The van der Waals surface area contributed by atoms with Gasteiger partial charge in [-0.25, -0.2) is 8.78 Å². The Labute approximate surface area is 81.7 Å². The summed E-state index contributed by atoms with van der Waals surface area (Å²) in [7, 11) is 0. The van der Waals surface area contributed by atoms with Gasteiger partial charge in [-0.1, -0.05) is 19.1 Å². The molecule has 1 rings (SSSR count). The number of rotatable bonds is 3. The van der Waals surface area contributed by atoms with E-state index in [1.807, 2.05) is 6.92 Å². The summed E-state index contributed by atoms with van der Waals surface area (Å²) in [6.45, 7) is 3.29. The fraction of sp³-hybridized carbons (Fsp3) is 0.364. The van der Waals surface area contributed by atoms with Crippen molar-refractivity contribution < 1.29 is 13.6 Å². The van der Waals surface area contributed by atoms with Gasteiger partial charge in [0.05, 0.1) is 0 Å². The third-order valence-electron chi connectivity index (χ3n) is 2.14. The van der Waals surface area contributed by atoms with Crippen LogP contribution in [0.4, 0.5) is 8.78 Å². The molecule has 0 aromatic heterocycles. The van der Waals surface area contributed by atoms with Crippen LogP contribution < -0.4 is 0 Å². The van der Waals surface area contributed by atoms with Gasteiger partial charge in [-0.05, 0) is 25.0 Å². The quantitative estimate of drug-likeness (QED) is 0.680. The van der Waals surface area contributed by atoms with Crippen molar-refractivity contribution in [1.29, 1.82) is 0 Å². The highest BCUT2D eigenvalue weighted by atomic mass is 19.3. The molecule has 0 spiro atoms. The first-order valence-electron chi connectivity index (χ1n) is 4.48. The zero-order valence-corrected chi connectivity index (χ0v) is 8.18. The van der Waals surface area contributed by atoms with E-state index < -0.39 is 6.43 Å². The van der Waals surface area contributed by atoms with Crippen LogP contribution >= 0.6 is 0 Å². The van der Waals surface area contributed by atoms with E-state index in [2.05, 4.69) is 0 Å². The minimum absolute atomic E-state index is 0.0214. The van der Waals surface area contributed by atoms with Gasteiger partial charge in [-0.3, -0.25) is 4.79 Å². The molecular formula is C11H12F2O. The van der Waals surface area contributed by atoms with E-state index in [0.717, 1.165) is 0 Å². The highest BCUT2D eigenvalue weighted by Crippen LogP contribution is 2.22. The van der Waals surface area contributed by atoms with E-state index in [1.165, 1.54) is 25.1 Å². The van der Waals surface area contributed by atoms with Gasteiger partial charge in [-0.15, -0.1) is 0 Å². The molecule has 0 fully saturated rings. The van der Waals surface area contributed by atoms with Crippen molar-refractivity contribution in [3.8, 4) is 0 Å². The third kappa shape index (κ3) is 2.16. The predicted octanol–water partition coefficient (Wildman–Crippen LogP) is 3.39. The molecule has 1 nitrogen and oxygen atoms in total. The van der Waals surface area contributed by atoms with Crippen molar-refractivity contribution in [3.63, 3.8) is 0 Å². The van der Waals surface area contributed by atoms with Gasteiger partial charge in [0.15, 0.2) is 5.78 Å². The molecule has 0 atom stereocenters. The fourth-order valence-electron chi connectivity index (χ4n) is 1.39. The van der Waals surface area contributed by atoms with Gasteiger partial charge in [0, 0.05) is 11.1 Å². The SMILES string of the molecule is CCc1cc(C(F)F)ccc1C(C)=O. The van der Waals surface area contributed by atoms with Crippen LogP contribution in [-0.2, 0) is 6.42 Å². The van der Waals surface area contributed by atoms with E-state index in [-0.39, 0.29) is 11.3 Å². The number of carbonyl (C=O) groups is 1. The second-order valence-corrected chi connectivity index (χ2v) is 3.13. The molecule has 0 aliphatic carbocycles. The monoisotopic (exact) mass is 198 g/mol. The lowest BCUT2D eigenvalue weighted by atomic mass is 9.99. The van der Waals surface area contributed by atoms with Crippen LogP contribution in [0.25, 0.3) is 0 Å². The molecule has 0 heterocycles. The Morgan fingerprint density at radius 2 is 2.07 bits per heavy atom. The highest BCUT2D eigenvalue weighted by Gasteiger charge is 2.11. The maximum atomic E-state index is 12.3. The Bertz CT molecular complexity index is 345. The molecular weight excluding hydrogens is 186 g/mol. The van der Waals surface area contributed by atoms with E-state index in [4.69, 9.17) is 0 Å². The lowest BCUT2D eigenvalue weighted by Crippen LogP contribution is -2.00. The van der Waals surface area contributed by atoms with Gasteiger partial charge in [0.1, 0.15) is 0 Å². The zero-order chi connectivity index (χ0) is 10.7. The number of hydrogen-bond acceptors (Lipinski definition) is 1. The van der Waals surface area contributed by atoms with Gasteiger partial charge < -0.3 is 0 Å². The number of alkyl halides is 2. The summed E-state index contributed by atoms with van der Waals surface area (Å²) in [5.74, 6) is -0.0809. The molecule has 0 saturated heterocycles. The zero-order valence-electron chi connectivity index (χ0n) is 8.18. The fourth-order valence-corrected chi connectivity index (χ4v) is 1.39. The molecule has 76 valence electrons. The van der Waals surface area contributed by atoms with Crippen molar-refractivity contribution in [2.24, 2.45) is 0 Å². The van der Waals surface area contributed by atoms with Crippen molar-refractivity contribution in [2.45, 2.75) is 26.7 Å². The van der Waals surface area contributed by atoms with Gasteiger partial charge >= 0.3 is 0 Å². The van der Waals surface area contributed by atoms with Gasteiger partial charge in [0.2, 0.25) is 0 Å². The Kier molecular flexibility index (Phi) is 3.33. The normalized spacial score (nSPS) is 10.6. The van der Waals surface area contributed by atoms with Crippen molar-refractivity contribution in [1.82, 2.24) is 0 Å². The predicted molar refractivity (Wildman–Crippen MR) is 50.8 cm³/mol. The largest absolute Gasteiger partial charge is 0.295 e. The van der Waals surface area contributed by atoms with Gasteiger partial charge in [-0.2, -0.15) is 0 Å². The molecule has 0 aliphatic rings. The van der Waals surface area contributed by atoms with Crippen LogP contribution in [-0.4, -0.2) is 5.78 Å². The van der Waals surface area contributed by atoms with Crippen LogP contribution in [0.1, 0.15) is 41.8 Å². The minimum atomic E-state index is -2.47. The van der Waals surface area contributed by atoms with Crippen LogP contribution in [0, 0.1) is 0 Å². The summed E-state index contributed by atoms with van der Waals surface area (Å²) in [6.07, 6.45) is -1.88. The molecule has 0 bridgehead atoms. The average molecular weight is 198 g/mol. The molecule has 0 N–H and O–H groups in total. The summed E-state index contributed by atoms with van der Waals surface area (Å²) in [4.78, 5) is 11.1. The van der Waals surface area contributed by atoms with Crippen LogP contribution in [0.3, 0.4) is 0 Å². The van der Waals surface area contributed by atoms with Crippen molar-refractivity contribution in [2.75, 3.05) is 0 Å². The number of ketones is 1. The lowest BCUT2D eigenvalue weighted by Gasteiger charge is -2.07. The van der Waals surface area contributed by atoms with Crippen molar-refractivity contribution in [3.05, 3.63) is 34.9 Å². The Morgan fingerprint density at radius 1 is 1.43 bits per heavy atom. The maximum Gasteiger partial charge on any atom is 0.263 e. The number of aryl methyl sites for hydroxylation is 1. The Hall–Kier alpha value is -1.25. The molecule has 0 amide bonds. The summed E-state index contributed by atoms with van der Waals surface area (Å²) in [5, 5.41) is 0. The molecule has 3 heteroatoms. The first-order chi connectivity index (χ1) is 6.56. The van der Waals surface area contributed by atoms with Crippen molar-refractivity contribution >= 4 is 5.78 Å². The molecule has 0 radical (unpaired) electrons. The Morgan fingerprint density at radius 3 is 2.50 bits per heavy atom. The third-order valence-corrected chi connectivity index (χ3v) is 2.14. The summed E-state index contributed by atoms with van der Waals surface area (Å²) in [6, 6.07) is 4.19. The summed E-state index contributed by atoms with van der Waals surface area (Å²) < 4.78 is 24.7. The number of Topliss-reactive ketones (excluding diaryl/α,β-unsaturated/α-hetero) is 1. The second-order valence-electron chi connectivity index (χ2n) is 3.13. The molecule has 0 aliphatic heterocycles. The van der Waals surface area contributed by atoms with Crippen LogP contribution in [0.5, 0.6) is 0 Å². The van der Waals surface area contributed by atoms with E-state index in [0.29, 0.717) is 17.5 Å². The molecule has 1 aromatic rings. The highest BCUT2D eigenvalue weighted by molar-refractivity contribution is 5.95. The summed E-state index contributed by atoms with van der Waals surface area (Å²) >= 11 is 0. The first-order valence-corrected chi connectivity index (χ1v) is 4.48. The smallest absolute Gasteiger partial charge is 0.263 e. The lowest BCUT2D eigenvalue weighted by molar-refractivity contribution is 0.101. The number of carbonyl (C=O) groups excluding carboxylic acids is 1. The topological polar surface area (TPSA) is 17.1 Å². The van der Waals surface area contributed by atoms with Crippen LogP contribution in [0.2, 0.25) is 0 Å². The van der Waals surface area contributed by atoms with Crippen LogP contribution in [0.15, 0.2) is 18.2 Å². The van der Waals surface area contributed by atoms with E-state index in [1.54, 1.807) is 0 Å².